The first kappa shape index (κ1) is 28.2. The fourth-order valence-corrected chi connectivity index (χ4v) is 6.33. The molecule has 3 aromatic rings. The van der Waals surface area contributed by atoms with Crippen LogP contribution in [-0.2, 0) is 20.9 Å². The highest BCUT2D eigenvalue weighted by atomic mass is 32.1. The Hall–Kier alpha value is -3.96. The number of carbonyl (C=O) groups excluding carboxylic acids is 3. The van der Waals surface area contributed by atoms with Crippen LogP contribution in [0.3, 0.4) is 0 Å². The predicted octanol–water partition coefficient (Wildman–Crippen LogP) is 5.22. The standard InChI is InChI=1S/C31H35N5O5S/c1-4-19-6-5-7-20(16-19)25-8-9-26(42-25)28(38)34-30-33-21-17-22-24(41-31(2,3)29(39)32-22)18-23(21)36(30)11-10-27(37)35-12-14-40-15-13-35/h7-9,16-18H,4-6,10-15H2,1-3H3,(H,32,39)(H,33,34,38). The number of nitrogens with one attached hydrogen (secondary N) is 2. The molecule has 3 amide bonds. The molecule has 4 heterocycles. The van der Waals surface area contributed by atoms with Crippen LogP contribution >= 0.6 is 11.3 Å². The molecule has 2 aromatic heterocycles. The Kier molecular flexibility index (Phi) is 7.63. The Balaban J connectivity index is 1.29. The van der Waals surface area contributed by atoms with Crippen molar-refractivity contribution in [1.29, 1.82) is 0 Å². The van der Waals surface area contributed by atoms with Crippen LogP contribution in [-0.4, -0.2) is 64.1 Å². The smallest absolute Gasteiger partial charge is 0.268 e. The maximum atomic E-state index is 13.5. The van der Waals surface area contributed by atoms with Crippen LogP contribution < -0.4 is 15.4 Å². The van der Waals surface area contributed by atoms with Crippen LogP contribution in [0.25, 0.3) is 16.6 Å². The van der Waals surface area contributed by atoms with E-state index in [1.807, 2.05) is 22.8 Å². The average Bonchev–Trinajstić information content (AvgIpc) is 3.61. The number of hydrogen-bond donors (Lipinski definition) is 2. The van der Waals surface area contributed by atoms with Gasteiger partial charge in [-0.3, -0.25) is 19.7 Å². The molecule has 1 fully saturated rings. The lowest BCUT2D eigenvalue weighted by molar-refractivity contribution is -0.135. The number of rotatable bonds is 7. The van der Waals surface area contributed by atoms with Crippen LogP contribution in [0, 0.1) is 0 Å². The fraction of sp³-hybridized carbons (Fsp3) is 0.419. The molecule has 0 radical (unpaired) electrons. The largest absolute Gasteiger partial charge is 0.476 e. The van der Waals surface area contributed by atoms with Crippen molar-refractivity contribution in [3.8, 4) is 5.75 Å². The van der Waals surface area contributed by atoms with Crippen molar-refractivity contribution < 1.29 is 23.9 Å². The van der Waals surface area contributed by atoms with Gasteiger partial charge < -0.3 is 24.3 Å². The van der Waals surface area contributed by atoms with Gasteiger partial charge in [0.25, 0.3) is 11.8 Å². The summed E-state index contributed by atoms with van der Waals surface area (Å²) in [6, 6.07) is 7.37. The topological polar surface area (TPSA) is 115 Å². The van der Waals surface area contributed by atoms with Crippen molar-refractivity contribution in [3.63, 3.8) is 0 Å². The number of fused-ring (bicyclic) bond motifs is 2. The first-order chi connectivity index (χ1) is 20.2. The van der Waals surface area contributed by atoms with E-state index in [0.29, 0.717) is 66.1 Å². The molecule has 0 atom stereocenters. The summed E-state index contributed by atoms with van der Waals surface area (Å²) in [6.45, 7) is 8.07. The minimum absolute atomic E-state index is 0.0168. The number of aryl methyl sites for hydroxylation is 1. The second-order valence-corrected chi connectivity index (χ2v) is 12.3. The Morgan fingerprint density at radius 3 is 2.79 bits per heavy atom. The van der Waals surface area contributed by atoms with Gasteiger partial charge in [-0.2, -0.15) is 0 Å². The lowest BCUT2D eigenvalue weighted by atomic mass is 9.97. The molecular formula is C31H35N5O5S. The van der Waals surface area contributed by atoms with E-state index in [2.05, 4.69) is 29.7 Å². The van der Waals surface area contributed by atoms with Crippen LogP contribution in [0.1, 0.15) is 61.0 Å². The number of hydrogen-bond acceptors (Lipinski definition) is 7. The van der Waals surface area contributed by atoms with Crippen molar-refractivity contribution in [3.05, 3.63) is 51.7 Å². The molecule has 220 valence electrons. The quantitative estimate of drug-likeness (QED) is 0.391. The Labute approximate surface area is 248 Å². The molecular weight excluding hydrogens is 554 g/mol. The van der Waals surface area contributed by atoms with Crippen molar-refractivity contribution in [1.82, 2.24) is 14.5 Å². The summed E-state index contributed by atoms with van der Waals surface area (Å²) < 4.78 is 13.2. The number of aromatic nitrogens is 2. The number of allylic oxidation sites excluding steroid dienone is 4. The summed E-state index contributed by atoms with van der Waals surface area (Å²) in [5.41, 5.74) is 3.32. The number of benzene rings is 1. The van der Waals surface area contributed by atoms with Gasteiger partial charge in [-0.05, 0) is 56.9 Å². The molecule has 0 spiro atoms. The first-order valence-corrected chi connectivity index (χ1v) is 15.2. The third-order valence-electron chi connectivity index (χ3n) is 7.91. The summed E-state index contributed by atoms with van der Waals surface area (Å²) in [6.07, 6.45) is 7.80. The number of thiophene rings is 1. The monoisotopic (exact) mass is 589 g/mol. The second kappa shape index (κ2) is 11.4. The summed E-state index contributed by atoms with van der Waals surface area (Å²) in [5, 5.41) is 5.88. The predicted molar refractivity (Wildman–Crippen MR) is 163 cm³/mol. The van der Waals surface area contributed by atoms with E-state index < -0.39 is 5.60 Å². The number of morpholine rings is 1. The molecule has 1 saturated heterocycles. The van der Waals surface area contributed by atoms with Gasteiger partial charge in [0.15, 0.2) is 5.60 Å². The van der Waals surface area contributed by atoms with Gasteiger partial charge in [-0.25, -0.2) is 4.98 Å². The first-order valence-electron chi connectivity index (χ1n) is 14.4. The summed E-state index contributed by atoms with van der Waals surface area (Å²) >= 11 is 1.45. The number of anilines is 2. The van der Waals surface area contributed by atoms with Crippen LogP contribution in [0.15, 0.2) is 42.0 Å². The highest BCUT2D eigenvalue weighted by Crippen LogP contribution is 2.38. The molecule has 11 heteroatoms. The van der Waals surface area contributed by atoms with Gasteiger partial charge in [-0.1, -0.05) is 24.6 Å². The zero-order valence-electron chi connectivity index (χ0n) is 24.1. The van der Waals surface area contributed by atoms with Gasteiger partial charge in [0, 0.05) is 37.0 Å². The Bertz CT molecular complexity index is 1630. The van der Waals surface area contributed by atoms with E-state index in [9.17, 15) is 14.4 Å². The zero-order chi connectivity index (χ0) is 29.4. The lowest BCUT2D eigenvalue weighted by Gasteiger charge is -2.31. The Morgan fingerprint density at radius 1 is 1.19 bits per heavy atom. The van der Waals surface area contributed by atoms with E-state index in [0.717, 1.165) is 29.7 Å². The number of carbonyl (C=O) groups is 3. The van der Waals surface area contributed by atoms with Gasteiger partial charge >= 0.3 is 0 Å². The van der Waals surface area contributed by atoms with E-state index in [-0.39, 0.29) is 24.1 Å². The van der Waals surface area contributed by atoms with Crippen molar-refractivity contribution in [2.45, 2.75) is 58.6 Å². The average molecular weight is 590 g/mol. The molecule has 10 nitrogen and oxygen atoms in total. The normalized spacial score (nSPS) is 18.1. The maximum Gasteiger partial charge on any atom is 0.268 e. The van der Waals surface area contributed by atoms with Gasteiger partial charge in [0.1, 0.15) is 5.75 Å². The molecule has 0 saturated carbocycles. The van der Waals surface area contributed by atoms with Crippen LogP contribution in [0.4, 0.5) is 11.6 Å². The van der Waals surface area contributed by atoms with Crippen molar-refractivity contribution in [2.75, 3.05) is 36.9 Å². The number of imidazole rings is 1. The maximum absolute atomic E-state index is 13.5. The van der Waals surface area contributed by atoms with Crippen molar-refractivity contribution in [2.24, 2.45) is 0 Å². The summed E-state index contributed by atoms with van der Waals surface area (Å²) in [5.74, 6) is 0.337. The van der Waals surface area contributed by atoms with Crippen molar-refractivity contribution >= 4 is 57.3 Å². The molecule has 0 bridgehead atoms. The third kappa shape index (κ3) is 5.58. The molecule has 42 heavy (non-hydrogen) atoms. The lowest BCUT2D eigenvalue weighted by Crippen LogP contribution is -2.45. The molecule has 2 aliphatic heterocycles. The van der Waals surface area contributed by atoms with Crippen LogP contribution in [0.5, 0.6) is 5.75 Å². The van der Waals surface area contributed by atoms with E-state index in [1.54, 1.807) is 24.8 Å². The fourth-order valence-electron chi connectivity index (χ4n) is 5.42. The highest BCUT2D eigenvalue weighted by molar-refractivity contribution is 7.15. The Morgan fingerprint density at radius 2 is 2.00 bits per heavy atom. The third-order valence-corrected chi connectivity index (χ3v) is 9.04. The highest BCUT2D eigenvalue weighted by Gasteiger charge is 2.36. The molecule has 2 N–H and O–H groups in total. The molecule has 1 aromatic carbocycles. The summed E-state index contributed by atoms with van der Waals surface area (Å²) in [4.78, 5) is 47.1. The van der Waals surface area contributed by atoms with E-state index in [4.69, 9.17) is 14.5 Å². The van der Waals surface area contributed by atoms with E-state index in [1.165, 1.54) is 16.9 Å². The zero-order valence-corrected chi connectivity index (χ0v) is 24.9. The SMILES string of the molecule is CCC1=CC(c2ccc(C(=O)Nc3nc4cc5c(cc4n3CCC(=O)N3CCOCC3)OC(C)(C)C(=O)N5)s2)=CCC1. The number of ether oxygens (including phenoxy) is 2. The second-order valence-electron chi connectivity index (χ2n) is 11.2. The number of amides is 3. The molecule has 1 aliphatic carbocycles. The minimum Gasteiger partial charge on any atom is -0.476 e. The molecule has 0 unspecified atom stereocenters. The van der Waals surface area contributed by atoms with Gasteiger partial charge in [-0.15, -0.1) is 11.3 Å². The molecule has 6 rings (SSSR count). The van der Waals surface area contributed by atoms with Gasteiger partial charge in [0.05, 0.1) is 34.8 Å². The van der Waals surface area contributed by atoms with Gasteiger partial charge in [0.2, 0.25) is 11.9 Å². The number of nitrogens with zero attached hydrogens (tertiary/aromatic N) is 3. The molecule has 3 aliphatic rings. The minimum atomic E-state index is -1.04. The van der Waals surface area contributed by atoms with E-state index >= 15 is 0 Å². The van der Waals surface area contributed by atoms with Crippen LogP contribution in [0.2, 0.25) is 0 Å². The summed E-state index contributed by atoms with van der Waals surface area (Å²) in [7, 11) is 0.